The van der Waals surface area contributed by atoms with Crippen LogP contribution in [0, 0.1) is 5.92 Å². The quantitative estimate of drug-likeness (QED) is 0.714. The largest absolute Gasteiger partial charge is 0.503 e. The van der Waals surface area contributed by atoms with Crippen molar-refractivity contribution in [3.05, 3.63) is 59.4 Å². The maximum Gasteiger partial charge on any atom is 0.294 e. The van der Waals surface area contributed by atoms with Gasteiger partial charge in [0.15, 0.2) is 23.0 Å². The lowest BCUT2D eigenvalue weighted by Crippen LogP contribution is -2.31. The van der Waals surface area contributed by atoms with Crippen LogP contribution < -0.4 is 19.1 Å². The number of aliphatic hydroxyl groups excluding tert-OH is 1. The number of ether oxygens (including phenoxy) is 3. The Labute approximate surface area is 180 Å². The molecule has 4 rings (SSSR count). The summed E-state index contributed by atoms with van der Waals surface area (Å²) in [6.07, 6.45) is 0.231. The molecule has 2 aromatic rings. The summed E-state index contributed by atoms with van der Waals surface area (Å²) in [6, 6.07) is 11.6. The molecule has 1 N–H and O–H groups in total. The number of fused-ring (bicyclic) bond motifs is 1. The molecule has 0 saturated carbocycles. The molecule has 0 fully saturated rings. The first kappa shape index (κ1) is 20.8. The Kier molecular flexibility index (Phi) is 5.59. The number of aliphatic hydroxyl groups is 1. The molecule has 0 saturated heterocycles. The van der Waals surface area contributed by atoms with Crippen molar-refractivity contribution in [2.45, 2.75) is 33.2 Å². The fourth-order valence-corrected chi connectivity index (χ4v) is 3.90. The Bertz CT molecular complexity index is 1040. The van der Waals surface area contributed by atoms with Gasteiger partial charge < -0.3 is 19.3 Å². The molecule has 0 aromatic heterocycles. The van der Waals surface area contributed by atoms with Crippen LogP contribution in [0.3, 0.4) is 0 Å². The smallest absolute Gasteiger partial charge is 0.294 e. The number of nitrogens with zero attached hydrogens (tertiary/aromatic N) is 1. The van der Waals surface area contributed by atoms with Crippen molar-refractivity contribution in [2.75, 3.05) is 18.3 Å². The van der Waals surface area contributed by atoms with Gasteiger partial charge in [-0.15, -0.1) is 0 Å². The molecule has 31 heavy (non-hydrogen) atoms. The molecule has 162 valence electrons. The number of rotatable bonds is 7. The second kappa shape index (κ2) is 8.34. The zero-order valence-corrected chi connectivity index (χ0v) is 17.8. The maximum atomic E-state index is 13.1. The molecule has 7 heteroatoms. The highest BCUT2D eigenvalue weighted by Crippen LogP contribution is 2.44. The highest BCUT2D eigenvalue weighted by Gasteiger charge is 2.44. The molecule has 1 amide bonds. The molecule has 2 heterocycles. The third kappa shape index (κ3) is 3.83. The molecular formula is C24H25NO6. The highest BCUT2D eigenvalue weighted by atomic mass is 16.7. The Morgan fingerprint density at radius 2 is 1.87 bits per heavy atom. The van der Waals surface area contributed by atoms with Crippen molar-refractivity contribution in [1.82, 2.24) is 0 Å². The van der Waals surface area contributed by atoms with E-state index < -0.39 is 17.7 Å². The Hall–Kier alpha value is -3.48. The van der Waals surface area contributed by atoms with Crippen LogP contribution in [-0.4, -0.2) is 30.2 Å². The van der Waals surface area contributed by atoms with Crippen LogP contribution in [0.25, 0.3) is 0 Å². The van der Waals surface area contributed by atoms with E-state index in [4.69, 9.17) is 14.2 Å². The molecule has 2 aliphatic heterocycles. The average molecular weight is 423 g/mol. The number of carbonyl (C=O) groups is 2. The number of benzene rings is 2. The number of anilines is 1. The highest BCUT2D eigenvalue weighted by molar-refractivity contribution is 6.16. The Morgan fingerprint density at radius 3 is 2.55 bits per heavy atom. The van der Waals surface area contributed by atoms with Gasteiger partial charge in [0.05, 0.1) is 18.2 Å². The van der Waals surface area contributed by atoms with Crippen LogP contribution in [0.1, 0.15) is 38.8 Å². The van der Waals surface area contributed by atoms with Gasteiger partial charge in [-0.25, -0.2) is 0 Å². The number of carbonyl (C=O) groups excluding carboxylic acids is 2. The third-order valence-electron chi connectivity index (χ3n) is 5.24. The van der Waals surface area contributed by atoms with Gasteiger partial charge in [-0.1, -0.05) is 26.0 Å². The standard InChI is InChI=1S/C24H25NO6/c1-4-29-17-8-5-15(6-9-17)22-21(18(26)11-14(2)3)23(27)24(28)25(22)16-7-10-19-20(12-16)31-13-30-19/h5-10,12,14,22,27H,4,11,13H2,1-3H3. The lowest BCUT2D eigenvalue weighted by Gasteiger charge is -2.27. The SMILES string of the molecule is CCOc1ccc(C2C(C(=O)CC(C)C)=C(O)C(=O)N2c2ccc3c(c2)OCO3)cc1. The normalized spacial score (nSPS) is 17.6. The van der Waals surface area contributed by atoms with Crippen LogP contribution in [0.5, 0.6) is 17.2 Å². The van der Waals surface area contributed by atoms with Gasteiger partial charge in [0.25, 0.3) is 5.91 Å². The number of hydrogen-bond acceptors (Lipinski definition) is 6. The number of amides is 1. The van der Waals surface area contributed by atoms with Gasteiger partial charge in [-0.2, -0.15) is 0 Å². The van der Waals surface area contributed by atoms with Crippen LogP contribution >= 0.6 is 0 Å². The molecule has 2 aromatic carbocycles. The van der Waals surface area contributed by atoms with Crippen molar-refractivity contribution in [2.24, 2.45) is 5.92 Å². The second-order valence-corrected chi connectivity index (χ2v) is 7.90. The number of hydrogen-bond donors (Lipinski definition) is 1. The first-order valence-corrected chi connectivity index (χ1v) is 10.3. The van der Waals surface area contributed by atoms with Gasteiger partial charge in [0, 0.05) is 18.2 Å². The molecule has 0 spiro atoms. The summed E-state index contributed by atoms with van der Waals surface area (Å²) in [4.78, 5) is 27.6. The second-order valence-electron chi connectivity index (χ2n) is 7.90. The number of ketones is 1. The minimum Gasteiger partial charge on any atom is -0.503 e. The third-order valence-corrected chi connectivity index (χ3v) is 5.24. The van der Waals surface area contributed by atoms with Crippen LogP contribution in [0.4, 0.5) is 5.69 Å². The van der Waals surface area contributed by atoms with Crippen LogP contribution in [0.15, 0.2) is 53.8 Å². The predicted octanol–water partition coefficient (Wildman–Crippen LogP) is 4.33. The molecular weight excluding hydrogens is 398 g/mol. The summed E-state index contributed by atoms with van der Waals surface area (Å²) in [5.41, 5.74) is 1.32. The lowest BCUT2D eigenvalue weighted by molar-refractivity contribution is -0.118. The minimum absolute atomic E-state index is 0.0866. The molecule has 0 bridgehead atoms. The summed E-state index contributed by atoms with van der Waals surface area (Å²) in [5.74, 6) is 0.491. The summed E-state index contributed by atoms with van der Waals surface area (Å²) >= 11 is 0. The van der Waals surface area contributed by atoms with Crippen LogP contribution in [0.2, 0.25) is 0 Å². The zero-order valence-electron chi connectivity index (χ0n) is 17.8. The van der Waals surface area contributed by atoms with Crippen LogP contribution in [-0.2, 0) is 9.59 Å². The van der Waals surface area contributed by atoms with Crippen molar-refractivity contribution in [3.63, 3.8) is 0 Å². The van der Waals surface area contributed by atoms with Gasteiger partial charge in [0.1, 0.15) is 5.75 Å². The first-order chi connectivity index (χ1) is 14.9. The monoisotopic (exact) mass is 423 g/mol. The summed E-state index contributed by atoms with van der Waals surface area (Å²) in [5, 5.41) is 10.7. The van der Waals surface area contributed by atoms with E-state index in [1.165, 1.54) is 4.90 Å². The van der Waals surface area contributed by atoms with Gasteiger partial charge in [-0.3, -0.25) is 14.5 Å². The van der Waals surface area contributed by atoms with E-state index >= 15 is 0 Å². The van der Waals surface area contributed by atoms with Crippen molar-refractivity contribution in [1.29, 1.82) is 0 Å². The van der Waals surface area contributed by atoms with E-state index in [1.54, 1.807) is 30.3 Å². The zero-order chi connectivity index (χ0) is 22.1. The van der Waals surface area contributed by atoms with Gasteiger partial charge in [0.2, 0.25) is 6.79 Å². The summed E-state index contributed by atoms with van der Waals surface area (Å²) < 4.78 is 16.3. The molecule has 7 nitrogen and oxygen atoms in total. The summed E-state index contributed by atoms with van der Waals surface area (Å²) in [6.45, 7) is 6.38. The predicted molar refractivity (Wildman–Crippen MR) is 115 cm³/mol. The maximum absolute atomic E-state index is 13.1. The molecule has 0 radical (unpaired) electrons. The molecule has 1 atom stereocenters. The summed E-state index contributed by atoms with van der Waals surface area (Å²) in [7, 11) is 0. The fraction of sp³-hybridized carbons (Fsp3) is 0.333. The van der Waals surface area contributed by atoms with E-state index in [9.17, 15) is 14.7 Å². The first-order valence-electron chi connectivity index (χ1n) is 10.3. The molecule has 0 aliphatic carbocycles. The van der Waals surface area contributed by atoms with E-state index in [2.05, 4.69) is 0 Å². The van der Waals surface area contributed by atoms with Crippen molar-refractivity contribution >= 4 is 17.4 Å². The lowest BCUT2D eigenvalue weighted by atomic mass is 9.92. The number of Topliss-reactive ketones (excluding diaryl/α,β-unsaturated/α-hetero) is 1. The topological polar surface area (TPSA) is 85.3 Å². The van der Waals surface area contributed by atoms with E-state index in [0.29, 0.717) is 35.1 Å². The van der Waals surface area contributed by atoms with Gasteiger partial charge >= 0.3 is 0 Å². The van der Waals surface area contributed by atoms with E-state index in [-0.39, 0.29) is 30.5 Å². The molecule has 2 aliphatic rings. The minimum atomic E-state index is -0.755. The Morgan fingerprint density at radius 1 is 1.16 bits per heavy atom. The van der Waals surface area contributed by atoms with Gasteiger partial charge in [-0.05, 0) is 42.7 Å². The van der Waals surface area contributed by atoms with E-state index in [1.807, 2.05) is 32.9 Å². The molecule has 1 unspecified atom stereocenters. The Balaban J connectivity index is 1.79. The van der Waals surface area contributed by atoms with Crippen molar-refractivity contribution < 1.29 is 28.9 Å². The fourth-order valence-electron chi connectivity index (χ4n) is 3.90. The van der Waals surface area contributed by atoms with Crippen molar-refractivity contribution in [3.8, 4) is 17.2 Å². The average Bonchev–Trinajstić information content (AvgIpc) is 3.30. The van der Waals surface area contributed by atoms with E-state index in [0.717, 1.165) is 0 Å².